The van der Waals surface area contributed by atoms with Gasteiger partial charge in [0.2, 0.25) is 0 Å². The summed E-state index contributed by atoms with van der Waals surface area (Å²) in [7, 11) is 0. The Morgan fingerprint density at radius 3 is 2.94 bits per heavy atom. The molecule has 3 heterocycles. The van der Waals surface area contributed by atoms with Gasteiger partial charge in [-0.1, -0.05) is 12.1 Å². The molecule has 1 aliphatic heterocycles. The number of nitrogens with zero attached hydrogens (tertiary/aromatic N) is 2. The van der Waals surface area contributed by atoms with Gasteiger partial charge in [-0.25, -0.2) is 0 Å². The van der Waals surface area contributed by atoms with Crippen LogP contribution in [0.2, 0.25) is 0 Å². The van der Waals surface area contributed by atoms with E-state index in [4.69, 9.17) is 4.74 Å². The van der Waals surface area contributed by atoms with Gasteiger partial charge >= 0.3 is 0 Å². The minimum Gasteiger partial charge on any atom is -0.494 e. The van der Waals surface area contributed by atoms with Crippen molar-refractivity contribution >= 4 is 50.3 Å². The van der Waals surface area contributed by atoms with Crippen LogP contribution in [0, 0.1) is 0 Å². The number of fused-ring (bicyclic) bond motifs is 2. The van der Waals surface area contributed by atoms with Crippen LogP contribution in [0.15, 0.2) is 64.9 Å². The topological polar surface area (TPSA) is 46.5 Å². The van der Waals surface area contributed by atoms with Gasteiger partial charge in [-0.2, -0.15) is 0 Å². The van der Waals surface area contributed by atoms with E-state index < -0.39 is 0 Å². The van der Waals surface area contributed by atoms with Crippen LogP contribution in [0.3, 0.4) is 0 Å². The summed E-state index contributed by atoms with van der Waals surface area (Å²) in [5, 5.41) is 8.77. The number of benzene rings is 2. The third kappa shape index (κ3) is 4.88. The number of pyridine rings is 1. The van der Waals surface area contributed by atoms with E-state index in [9.17, 15) is 4.79 Å². The molecule has 1 unspecified atom stereocenters. The highest BCUT2D eigenvalue weighted by molar-refractivity contribution is 7.17. The molecule has 2 aromatic carbocycles. The maximum atomic E-state index is 12.6. The number of thiophene rings is 1. The van der Waals surface area contributed by atoms with Gasteiger partial charge in [0.1, 0.15) is 5.75 Å². The van der Waals surface area contributed by atoms with Gasteiger partial charge in [-0.3, -0.25) is 4.79 Å². The SMILES string of the molecule is CCn1ccc2ccc(OCCCC3CNCCN3c3cccc4sccc34)cc2c1=O.Cl. The molecule has 1 atom stereocenters. The van der Waals surface area contributed by atoms with Gasteiger partial charge in [0.25, 0.3) is 5.56 Å². The van der Waals surface area contributed by atoms with Crippen LogP contribution in [0.1, 0.15) is 19.8 Å². The van der Waals surface area contributed by atoms with E-state index in [1.165, 1.54) is 15.8 Å². The summed E-state index contributed by atoms with van der Waals surface area (Å²) >= 11 is 1.80. The van der Waals surface area contributed by atoms with Gasteiger partial charge in [-0.05, 0) is 66.9 Å². The maximum Gasteiger partial charge on any atom is 0.258 e. The summed E-state index contributed by atoms with van der Waals surface area (Å²) in [5.41, 5.74) is 1.39. The third-order valence-electron chi connectivity index (χ3n) is 6.37. The molecule has 33 heavy (non-hydrogen) atoms. The number of ether oxygens (including phenoxy) is 1. The fraction of sp³-hybridized carbons (Fsp3) is 0.346. The van der Waals surface area contributed by atoms with Crippen molar-refractivity contribution in [2.24, 2.45) is 0 Å². The number of halogens is 1. The average Bonchev–Trinajstić information content (AvgIpc) is 3.32. The zero-order valence-corrected chi connectivity index (χ0v) is 20.5. The molecule has 1 saturated heterocycles. The number of hydrogen-bond donors (Lipinski definition) is 1. The van der Waals surface area contributed by atoms with Crippen LogP contribution in [-0.2, 0) is 6.54 Å². The first-order chi connectivity index (χ1) is 15.7. The minimum atomic E-state index is 0. The summed E-state index contributed by atoms with van der Waals surface area (Å²) in [6.45, 7) is 6.33. The minimum absolute atomic E-state index is 0. The van der Waals surface area contributed by atoms with Crippen molar-refractivity contribution in [3.8, 4) is 5.75 Å². The normalized spacial score (nSPS) is 16.2. The standard InChI is InChI=1S/C26H29N3O2S.ClH/c1-2-28-13-10-19-8-9-21(17-23(19)26(28)30)31-15-4-5-20-18-27-12-14-29(20)24-6-3-7-25-22(24)11-16-32-25;/h3,6-11,13,16-17,20,27H,2,4-5,12,14-15,18H2,1H3;1H. The lowest BCUT2D eigenvalue weighted by Crippen LogP contribution is -2.51. The molecule has 1 aliphatic rings. The van der Waals surface area contributed by atoms with Crippen molar-refractivity contribution in [3.05, 3.63) is 70.5 Å². The molecule has 0 radical (unpaired) electrons. The first-order valence-electron chi connectivity index (χ1n) is 11.4. The quantitative estimate of drug-likeness (QED) is 0.362. The van der Waals surface area contributed by atoms with E-state index in [0.717, 1.165) is 49.0 Å². The van der Waals surface area contributed by atoms with Crippen molar-refractivity contribution < 1.29 is 4.74 Å². The number of aryl methyl sites for hydroxylation is 1. The monoisotopic (exact) mass is 483 g/mol. The molecule has 0 aliphatic carbocycles. The maximum absolute atomic E-state index is 12.6. The van der Waals surface area contributed by atoms with E-state index in [1.54, 1.807) is 15.9 Å². The van der Waals surface area contributed by atoms with E-state index in [1.807, 2.05) is 37.4 Å². The number of rotatable bonds is 7. The summed E-state index contributed by atoms with van der Waals surface area (Å²) in [5.74, 6) is 0.769. The highest BCUT2D eigenvalue weighted by atomic mass is 35.5. The molecule has 0 spiro atoms. The molecule has 1 N–H and O–H groups in total. The molecule has 4 aromatic rings. The molecular formula is C26H30ClN3O2S. The van der Waals surface area contributed by atoms with E-state index in [-0.39, 0.29) is 18.0 Å². The Labute approximate surface area is 204 Å². The summed E-state index contributed by atoms with van der Waals surface area (Å²) in [4.78, 5) is 15.2. The third-order valence-corrected chi connectivity index (χ3v) is 7.26. The van der Waals surface area contributed by atoms with Crippen LogP contribution in [-0.4, -0.2) is 36.9 Å². The Balaban J connectivity index is 0.00000259. The predicted molar refractivity (Wildman–Crippen MR) is 142 cm³/mol. The highest BCUT2D eigenvalue weighted by Gasteiger charge is 2.23. The van der Waals surface area contributed by atoms with E-state index in [0.29, 0.717) is 19.2 Å². The first-order valence-corrected chi connectivity index (χ1v) is 12.3. The lowest BCUT2D eigenvalue weighted by molar-refractivity contribution is 0.296. The summed E-state index contributed by atoms with van der Waals surface area (Å²) in [6.07, 6.45) is 3.88. The van der Waals surface area contributed by atoms with Gasteiger partial charge in [0.15, 0.2) is 0 Å². The summed E-state index contributed by atoms with van der Waals surface area (Å²) in [6, 6.07) is 17.1. The van der Waals surface area contributed by atoms with Crippen molar-refractivity contribution in [2.75, 3.05) is 31.1 Å². The fourth-order valence-corrected chi connectivity index (χ4v) is 5.48. The molecule has 174 valence electrons. The number of nitrogens with one attached hydrogen (secondary N) is 1. The van der Waals surface area contributed by atoms with Crippen LogP contribution in [0.5, 0.6) is 5.75 Å². The molecule has 5 rings (SSSR count). The van der Waals surface area contributed by atoms with Gasteiger partial charge in [0.05, 0.1) is 12.0 Å². The first kappa shape index (κ1) is 23.6. The molecule has 2 aromatic heterocycles. The van der Waals surface area contributed by atoms with Crippen LogP contribution >= 0.6 is 23.7 Å². The molecule has 7 heteroatoms. The van der Waals surface area contributed by atoms with Gasteiger partial charge < -0.3 is 19.5 Å². The Morgan fingerprint density at radius 2 is 2.06 bits per heavy atom. The zero-order chi connectivity index (χ0) is 21.9. The van der Waals surface area contributed by atoms with E-state index in [2.05, 4.69) is 39.9 Å². The molecule has 1 fully saturated rings. The number of hydrogen-bond acceptors (Lipinski definition) is 5. The molecule has 5 nitrogen and oxygen atoms in total. The second-order valence-corrected chi connectivity index (χ2v) is 9.26. The Bertz CT molecular complexity index is 1290. The number of anilines is 1. The second kappa shape index (κ2) is 10.6. The van der Waals surface area contributed by atoms with Gasteiger partial charge in [-0.15, -0.1) is 23.7 Å². The number of aromatic nitrogens is 1. The Hall–Kier alpha value is -2.54. The van der Waals surface area contributed by atoms with Crippen molar-refractivity contribution in [1.82, 2.24) is 9.88 Å². The lowest BCUT2D eigenvalue weighted by Gasteiger charge is -2.38. The van der Waals surface area contributed by atoms with Crippen LogP contribution in [0.4, 0.5) is 5.69 Å². The summed E-state index contributed by atoms with van der Waals surface area (Å²) < 4.78 is 9.12. The predicted octanol–water partition coefficient (Wildman–Crippen LogP) is 5.30. The van der Waals surface area contributed by atoms with Gasteiger partial charge in [0, 0.05) is 54.2 Å². The van der Waals surface area contributed by atoms with Crippen LogP contribution in [0.25, 0.3) is 20.9 Å². The van der Waals surface area contributed by atoms with Crippen molar-refractivity contribution in [2.45, 2.75) is 32.4 Å². The molecular weight excluding hydrogens is 454 g/mol. The second-order valence-electron chi connectivity index (χ2n) is 8.31. The smallest absolute Gasteiger partial charge is 0.258 e. The fourth-order valence-electron chi connectivity index (χ4n) is 4.67. The molecule has 0 bridgehead atoms. The molecule has 0 amide bonds. The van der Waals surface area contributed by atoms with E-state index >= 15 is 0 Å². The lowest BCUT2D eigenvalue weighted by atomic mass is 10.1. The van der Waals surface area contributed by atoms with Crippen molar-refractivity contribution in [1.29, 1.82) is 0 Å². The largest absolute Gasteiger partial charge is 0.494 e. The zero-order valence-electron chi connectivity index (χ0n) is 18.8. The van der Waals surface area contributed by atoms with Crippen molar-refractivity contribution in [3.63, 3.8) is 0 Å². The number of piperazine rings is 1. The average molecular weight is 484 g/mol. The Morgan fingerprint density at radius 1 is 1.15 bits per heavy atom. The highest BCUT2D eigenvalue weighted by Crippen LogP contribution is 2.32. The van der Waals surface area contributed by atoms with Crippen LogP contribution < -0.4 is 20.5 Å². The Kier molecular flexibility index (Phi) is 7.58. The molecule has 0 saturated carbocycles.